The third-order valence-corrected chi connectivity index (χ3v) is 6.94. The van der Waals surface area contributed by atoms with Crippen LogP contribution in [0.15, 0.2) is 41.9 Å². The molecule has 3 N–H and O–H groups in total. The normalized spacial score (nSPS) is 17.7. The van der Waals surface area contributed by atoms with Crippen molar-refractivity contribution >= 4 is 40.4 Å². The van der Waals surface area contributed by atoms with Gasteiger partial charge in [-0.15, -0.1) is 11.3 Å². The second kappa shape index (κ2) is 10.4. The molecule has 9 nitrogen and oxygen atoms in total. The van der Waals surface area contributed by atoms with Gasteiger partial charge in [-0.3, -0.25) is 4.79 Å². The number of hydrogen-bond donors (Lipinski definition) is 3. The van der Waals surface area contributed by atoms with Crippen LogP contribution in [0.1, 0.15) is 16.9 Å². The molecule has 10 heteroatoms. The number of carbonyl (C=O) groups excluding carboxylic acids is 1. The molecule has 178 valence electrons. The van der Waals surface area contributed by atoms with Crippen molar-refractivity contribution in [1.29, 1.82) is 0 Å². The monoisotopic (exact) mass is 480 g/mol. The number of amides is 1. The minimum absolute atomic E-state index is 0.0946. The molecule has 34 heavy (non-hydrogen) atoms. The molecule has 2 aliphatic heterocycles. The lowest BCUT2D eigenvalue weighted by atomic mass is 10.1. The zero-order valence-corrected chi connectivity index (χ0v) is 19.9. The van der Waals surface area contributed by atoms with Gasteiger partial charge in [-0.25, -0.2) is 4.98 Å². The molecule has 1 fully saturated rings. The molecule has 3 aromatic rings. The lowest BCUT2D eigenvalue weighted by Gasteiger charge is -2.28. The number of ether oxygens (including phenoxy) is 2. The van der Waals surface area contributed by atoms with E-state index < -0.39 is 0 Å². The van der Waals surface area contributed by atoms with Gasteiger partial charge in [0.05, 0.1) is 31.9 Å². The maximum absolute atomic E-state index is 12.4. The number of benzene rings is 1. The van der Waals surface area contributed by atoms with Crippen LogP contribution in [0.2, 0.25) is 0 Å². The number of thiophene rings is 1. The molecule has 0 spiro atoms. The van der Waals surface area contributed by atoms with E-state index in [0.717, 1.165) is 37.6 Å². The first-order valence-electron chi connectivity index (χ1n) is 11.4. The van der Waals surface area contributed by atoms with Gasteiger partial charge in [0.1, 0.15) is 11.6 Å². The van der Waals surface area contributed by atoms with E-state index in [9.17, 15) is 4.79 Å². The molecule has 4 heterocycles. The van der Waals surface area contributed by atoms with Gasteiger partial charge in [0.2, 0.25) is 11.9 Å². The zero-order chi connectivity index (χ0) is 23.3. The SMILES string of the molecule is COc1cc(NC(=O)CC2CNCCO2)ccc1Nc1nccc(N2CCc3sccc3C2)n1. The number of nitrogens with one attached hydrogen (secondary N) is 3. The summed E-state index contributed by atoms with van der Waals surface area (Å²) < 4.78 is 11.2. The number of methoxy groups -OCH3 is 1. The second-order valence-electron chi connectivity index (χ2n) is 8.27. The Morgan fingerprint density at radius 1 is 1.35 bits per heavy atom. The maximum Gasteiger partial charge on any atom is 0.229 e. The number of morpholine rings is 1. The molecule has 1 amide bonds. The van der Waals surface area contributed by atoms with Gasteiger partial charge in [0.25, 0.3) is 0 Å². The Hall–Kier alpha value is -3.21. The Morgan fingerprint density at radius 2 is 2.29 bits per heavy atom. The van der Waals surface area contributed by atoms with Crippen molar-refractivity contribution in [2.75, 3.05) is 48.9 Å². The molecule has 0 radical (unpaired) electrons. The van der Waals surface area contributed by atoms with Crippen LogP contribution in [0.3, 0.4) is 0 Å². The fourth-order valence-corrected chi connectivity index (χ4v) is 5.08. The van der Waals surface area contributed by atoms with E-state index in [0.29, 0.717) is 37.0 Å². The average molecular weight is 481 g/mol. The van der Waals surface area contributed by atoms with Crippen LogP contribution in [0.25, 0.3) is 0 Å². The van der Waals surface area contributed by atoms with E-state index >= 15 is 0 Å². The van der Waals surface area contributed by atoms with Gasteiger partial charge in [-0.05, 0) is 41.6 Å². The Bertz CT molecular complexity index is 1150. The fraction of sp³-hybridized carbons (Fsp3) is 0.375. The number of aromatic nitrogens is 2. The second-order valence-corrected chi connectivity index (χ2v) is 9.27. The molecule has 1 unspecified atom stereocenters. The summed E-state index contributed by atoms with van der Waals surface area (Å²) in [6, 6.07) is 9.59. The molecule has 2 aromatic heterocycles. The summed E-state index contributed by atoms with van der Waals surface area (Å²) in [6.07, 6.45) is 2.99. The molecular weight excluding hydrogens is 452 g/mol. The fourth-order valence-electron chi connectivity index (χ4n) is 4.19. The summed E-state index contributed by atoms with van der Waals surface area (Å²) in [4.78, 5) is 25.2. The summed E-state index contributed by atoms with van der Waals surface area (Å²) in [7, 11) is 1.59. The molecule has 1 atom stereocenters. The quantitative estimate of drug-likeness (QED) is 0.474. The highest BCUT2D eigenvalue weighted by Gasteiger charge is 2.20. The van der Waals surface area contributed by atoms with Crippen LogP contribution in [0, 0.1) is 0 Å². The largest absolute Gasteiger partial charge is 0.494 e. The van der Waals surface area contributed by atoms with Gasteiger partial charge < -0.3 is 30.3 Å². The lowest BCUT2D eigenvalue weighted by Crippen LogP contribution is -2.40. The number of hydrogen-bond acceptors (Lipinski definition) is 9. The number of nitrogens with zero attached hydrogens (tertiary/aromatic N) is 3. The Balaban J connectivity index is 1.24. The van der Waals surface area contributed by atoms with Crippen molar-refractivity contribution in [3.8, 4) is 5.75 Å². The molecule has 1 aromatic carbocycles. The van der Waals surface area contributed by atoms with Crippen molar-refractivity contribution in [2.24, 2.45) is 0 Å². The highest BCUT2D eigenvalue weighted by Crippen LogP contribution is 2.31. The van der Waals surface area contributed by atoms with Crippen LogP contribution in [0.4, 0.5) is 23.1 Å². The van der Waals surface area contributed by atoms with E-state index in [4.69, 9.17) is 14.5 Å². The summed E-state index contributed by atoms with van der Waals surface area (Å²) in [5.41, 5.74) is 2.75. The highest BCUT2D eigenvalue weighted by atomic mass is 32.1. The van der Waals surface area contributed by atoms with Crippen molar-refractivity contribution in [3.63, 3.8) is 0 Å². The minimum atomic E-state index is -0.104. The van der Waals surface area contributed by atoms with Crippen LogP contribution < -0.4 is 25.6 Å². The molecular formula is C24H28N6O3S. The molecule has 1 saturated heterocycles. The van der Waals surface area contributed by atoms with Gasteiger partial charge in [-0.2, -0.15) is 4.98 Å². The summed E-state index contributed by atoms with van der Waals surface area (Å²) in [5, 5.41) is 11.6. The topological polar surface area (TPSA) is 101 Å². The minimum Gasteiger partial charge on any atom is -0.494 e. The predicted octanol–water partition coefficient (Wildman–Crippen LogP) is 3.17. The summed E-state index contributed by atoms with van der Waals surface area (Å²) in [6.45, 7) is 3.93. The molecule has 0 saturated carbocycles. The average Bonchev–Trinajstić information content (AvgIpc) is 3.34. The third-order valence-electron chi connectivity index (χ3n) is 5.92. The first kappa shape index (κ1) is 22.6. The zero-order valence-electron chi connectivity index (χ0n) is 19.0. The van der Waals surface area contributed by atoms with Gasteiger partial charge in [0, 0.05) is 49.0 Å². The number of fused-ring (bicyclic) bond motifs is 1. The van der Waals surface area contributed by atoms with Crippen molar-refractivity contribution in [2.45, 2.75) is 25.5 Å². The highest BCUT2D eigenvalue weighted by molar-refractivity contribution is 7.10. The number of rotatable bonds is 7. The summed E-state index contributed by atoms with van der Waals surface area (Å²) >= 11 is 1.82. The van der Waals surface area contributed by atoms with Crippen LogP contribution in [0.5, 0.6) is 5.75 Å². The van der Waals surface area contributed by atoms with Crippen LogP contribution in [-0.4, -0.2) is 55.3 Å². The van der Waals surface area contributed by atoms with Crippen molar-refractivity contribution in [3.05, 3.63) is 52.3 Å². The molecule has 5 rings (SSSR count). The van der Waals surface area contributed by atoms with E-state index in [1.165, 1.54) is 10.4 Å². The van der Waals surface area contributed by atoms with Gasteiger partial charge in [0.15, 0.2) is 0 Å². The van der Waals surface area contributed by atoms with Gasteiger partial charge >= 0.3 is 0 Å². The molecule has 0 aliphatic carbocycles. The van der Waals surface area contributed by atoms with E-state index in [-0.39, 0.29) is 12.0 Å². The smallest absolute Gasteiger partial charge is 0.229 e. The Kier molecular flexibility index (Phi) is 6.89. The van der Waals surface area contributed by atoms with E-state index in [1.807, 2.05) is 29.5 Å². The van der Waals surface area contributed by atoms with Gasteiger partial charge in [-0.1, -0.05) is 0 Å². The summed E-state index contributed by atoms with van der Waals surface area (Å²) in [5.74, 6) is 1.87. The third kappa shape index (κ3) is 5.30. The first-order valence-corrected chi connectivity index (χ1v) is 12.3. The van der Waals surface area contributed by atoms with E-state index in [1.54, 1.807) is 19.4 Å². The Morgan fingerprint density at radius 3 is 3.15 bits per heavy atom. The molecule has 2 aliphatic rings. The predicted molar refractivity (Wildman–Crippen MR) is 133 cm³/mol. The van der Waals surface area contributed by atoms with Crippen molar-refractivity contribution in [1.82, 2.24) is 15.3 Å². The maximum atomic E-state index is 12.4. The van der Waals surface area contributed by atoms with Crippen LogP contribution >= 0.6 is 11.3 Å². The lowest BCUT2D eigenvalue weighted by molar-refractivity contribution is -0.119. The standard InChI is InChI=1S/C24H28N6O3S/c1-32-20-12-17(27-23(31)13-18-14-25-8-10-33-18)2-3-19(20)28-24-26-7-4-22(29-24)30-9-5-21-16(15-30)6-11-34-21/h2-4,6-7,11-12,18,25H,5,8-10,13-15H2,1H3,(H,27,31)(H,26,28,29). The number of carbonyl (C=O) groups is 1. The first-order chi connectivity index (χ1) is 16.7. The van der Waals surface area contributed by atoms with Crippen LogP contribution in [-0.2, 0) is 22.5 Å². The van der Waals surface area contributed by atoms with E-state index in [2.05, 4.69) is 37.3 Å². The molecule has 0 bridgehead atoms. The number of anilines is 4. The van der Waals surface area contributed by atoms with Crippen molar-refractivity contribution < 1.29 is 14.3 Å². The Labute approximate surface area is 202 Å².